The number of aryl methyl sites for hydroxylation is 2. The van der Waals surface area contributed by atoms with Crippen LogP contribution in [0.4, 0.5) is 5.69 Å². The van der Waals surface area contributed by atoms with Crippen molar-refractivity contribution in [2.45, 2.75) is 38.6 Å². The molecule has 0 spiro atoms. The minimum absolute atomic E-state index is 0.207. The van der Waals surface area contributed by atoms with Gasteiger partial charge in [-0.05, 0) is 61.4 Å². The Kier molecular flexibility index (Phi) is 5.84. The zero-order valence-corrected chi connectivity index (χ0v) is 16.0. The van der Waals surface area contributed by atoms with Gasteiger partial charge in [0.15, 0.2) is 0 Å². The number of carbonyl (C=O) groups excluding carboxylic acids is 2. The van der Waals surface area contributed by atoms with E-state index in [0.717, 1.165) is 18.4 Å². The summed E-state index contributed by atoms with van der Waals surface area (Å²) in [4.78, 5) is 24.4. The molecule has 0 bridgehead atoms. The lowest BCUT2D eigenvalue weighted by atomic mass is 9.89. The van der Waals surface area contributed by atoms with E-state index in [0.29, 0.717) is 10.7 Å². The average Bonchev–Trinajstić information content (AvgIpc) is 2.64. The lowest BCUT2D eigenvalue weighted by Gasteiger charge is -2.20. The predicted octanol–water partition coefficient (Wildman–Crippen LogP) is 4.69. The van der Waals surface area contributed by atoms with Crippen LogP contribution in [0.5, 0.6) is 0 Å². The maximum Gasteiger partial charge on any atom is 0.313 e. The fourth-order valence-corrected chi connectivity index (χ4v) is 3.50. The summed E-state index contributed by atoms with van der Waals surface area (Å²) in [5.41, 5.74) is 4.02. The van der Waals surface area contributed by atoms with Crippen molar-refractivity contribution in [1.29, 1.82) is 0 Å². The molecular weight excluding hydrogens is 371 g/mol. The molecule has 2 amide bonds. The molecule has 0 heterocycles. The Labute approximate surface area is 162 Å². The van der Waals surface area contributed by atoms with Gasteiger partial charge in [0.25, 0.3) is 0 Å². The molecule has 0 saturated carbocycles. The van der Waals surface area contributed by atoms with E-state index in [4.69, 9.17) is 23.2 Å². The number of halogens is 2. The van der Waals surface area contributed by atoms with Crippen molar-refractivity contribution in [3.63, 3.8) is 0 Å². The summed E-state index contributed by atoms with van der Waals surface area (Å²) >= 11 is 11.9. The van der Waals surface area contributed by atoms with Gasteiger partial charge in [0, 0.05) is 0 Å². The number of hydrogen-bond acceptors (Lipinski definition) is 2. The Hall–Kier alpha value is -2.04. The monoisotopic (exact) mass is 390 g/mol. The number of hydrogen-bond donors (Lipinski definition) is 2. The molecule has 0 fully saturated rings. The largest absolute Gasteiger partial charge is 0.341 e. The third-order valence-corrected chi connectivity index (χ3v) is 5.45. The molecule has 2 aromatic rings. The second kappa shape index (κ2) is 8.11. The Morgan fingerprint density at radius 3 is 2.50 bits per heavy atom. The number of anilines is 1. The number of rotatable bonds is 3. The molecule has 0 aromatic heterocycles. The first-order valence-corrected chi connectivity index (χ1v) is 9.39. The van der Waals surface area contributed by atoms with Gasteiger partial charge in [0.05, 0.1) is 21.8 Å². The van der Waals surface area contributed by atoms with Crippen LogP contribution in [0.1, 0.15) is 42.5 Å². The van der Waals surface area contributed by atoms with Gasteiger partial charge in [-0.25, -0.2) is 0 Å². The molecule has 3 rings (SSSR count). The maximum atomic E-state index is 12.2. The summed E-state index contributed by atoms with van der Waals surface area (Å²) in [6, 6.07) is 10.8. The molecular formula is C20H20Cl2N2O2. The highest BCUT2D eigenvalue weighted by Gasteiger charge is 2.19. The van der Waals surface area contributed by atoms with Gasteiger partial charge in [0.2, 0.25) is 0 Å². The molecule has 136 valence electrons. The number of carbonyl (C=O) groups is 2. The van der Waals surface area contributed by atoms with Crippen molar-refractivity contribution in [2.24, 2.45) is 0 Å². The molecule has 26 heavy (non-hydrogen) atoms. The smallest absolute Gasteiger partial charge is 0.313 e. The van der Waals surface area contributed by atoms with Crippen LogP contribution in [0.2, 0.25) is 10.0 Å². The summed E-state index contributed by atoms with van der Waals surface area (Å²) < 4.78 is 0. The van der Waals surface area contributed by atoms with Gasteiger partial charge >= 0.3 is 11.8 Å². The number of nitrogens with one attached hydrogen (secondary N) is 2. The Balaban J connectivity index is 1.65. The van der Waals surface area contributed by atoms with Crippen molar-refractivity contribution >= 4 is 40.7 Å². The Bertz CT molecular complexity index is 852. The van der Waals surface area contributed by atoms with E-state index in [2.05, 4.69) is 22.8 Å². The fourth-order valence-electron chi connectivity index (χ4n) is 3.15. The minimum Gasteiger partial charge on any atom is -0.341 e. The van der Waals surface area contributed by atoms with E-state index in [1.165, 1.54) is 24.0 Å². The molecule has 1 aliphatic rings. The van der Waals surface area contributed by atoms with Crippen LogP contribution in [0.15, 0.2) is 36.4 Å². The number of amides is 2. The molecule has 0 saturated heterocycles. The Morgan fingerprint density at radius 1 is 1.00 bits per heavy atom. The van der Waals surface area contributed by atoms with Crippen LogP contribution in [-0.2, 0) is 22.4 Å². The summed E-state index contributed by atoms with van der Waals surface area (Å²) in [6.45, 7) is 1.86. The zero-order chi connectivity index (χ0) is 18.7. The number of fused-ring (bicyclic) bond motifs is 1. The van der Waals surface area contributed by atoms with E-state index < -0.39 is 11.8 Å². The average molecular weight is 391 g/mol. The van der Waals surface area contributed by atoms with E-state index in [-0.39, 0.29) is 11.1 Å². The first-order chi connectivity index (χ1) is 12.5. The molecule has 2 aromatic carbocycles. The third-order valence-electron chi connectivity index (χ3n) is 4.63. The van der Waals surface area contributed by atoms with Crippen LogP contribution in [0, 0.1) is 0 Å². The van der Waals surface area contributed by atoms with Gasteiger partial charge in [-0.15, -0.1) is 0 Å². The molecule has 0 radical (unpaired) electrons. The summed E-state index contributed by atoms with van der Waals surface area (Å²) in [7, 11) is 0. The van der Waals surface area contributed by atoms with Gasteiger partial charge in [-0.3, -0.25) is 9.59 Å². The van der Waals surface area contributed by atoms with Crippen molar-refractivity contribution in [3.05, 3.63) is 63.1 Å². The predicted molar refractivity (Wildman–Crippen MR) is 105 cm³/mol. The lowest BCUT2D eigenvalue weighted by Crippen LogP contribution is -2.37. The summed E-state index contributed by atoms with van der Waals surface area (Å²) in [5, 5.41) is 5.74. The van der Waals surface area contributed by atoms with Gasteiger partial charge < -0.3 is 10.6 Å². The molecule has 2 N–H and O–H groups in total. The van der Waals surface area contributed by atoms with Crippen molar-refractivity contribution in [2.75, 3.05) is 5.32 Å². The van der Waals surface area contributed by atoms with E-state index in [1.807, 2.05) is 13.0 Å². The van der Waals surface area contributed by atoms with Gasteiger partial charge in [0.1, 0.15) is 0 Å². The maximum absolute atomic E-state index is 12.2. The van der Waals surface area contributed by atoms with E-state index in [9.17, 15) is 9.59 Å². The number of benzene rings is 2. The van der Waals surface area contributed by atoms with Crippen molar-refractivity contribution in [1.82, 2.24) is 5.32 Å². The van der Waals surface area contributed by atoms with Gasteiger partial charge in [-0.1, -0.05) is 47.5 Å². The van der Waals surface area contributed by atoms with Crippen molar-refractivity contribution < 1.29 is 9.59 Å². The normalized spacial score (nSPS) is 14.3. The summed E-state index contributed by atoms with van der Waals surface area (Å²) in [6.07, 6.45) is 4.60. The second-order valence-electron chi connectivity index (χ2n) is 6.49. The Morgan fingerprint density at radius 2 is 1.73 bits per heavy atom. The molecule has 1 atom stereocenters. The van der Waals surface area contributed by atoms with Gasteiger partial charge in [-0.2, -0.15) is 0 Å². The topological polar surface area (TPSA) is 58.2 Å². The zero-order valence-electron chi connectivity index (χ0n) is 14.4. The fraction of sp³-hybridized carbons (Fsp3) is 0.300. The molecule has 4 nitrogen and oxygen atoms in total. The first-order valence-electron chi connectivity index (χ1n) is 8.63. The first kappa shape index (κ1) is 18.7. The molecule has 1 aliphatic carbocycles. The highest BCUT2D eigenvalue weighted by Crippen LogP contribution is 2.29. The highest BCUT2D eigenvalue weighted by molar-refractivity contribution is 6.45. The molecule has 0 aliphatic heterocycles. The summed E-state index contributed by atoms with van der Waals surface area (Å²) in [5.74, 6) is -1.50. The van der Waals surface area contributed by atoms with E-state index >= 15 is 0 Å². The van der Waals surface area contributed by atoms with Crippen LogP contribution >= 0.6 is 23.2 Å². The van der Waals surface area contributed by atoms with Crippen molar-refractivity contribution in [3.8, 4) is 0 Å². The van der Waals surface area contributed by atoms with Crippen LogP contribution in [-0.4, -0.2) is 11.8 Å². The minimum atomic E-state index is -0.779. The highest BCUT2D eigenvalue weighted by atomic mass is 35.5. The van der Waals surface area contributed by atoms with Crippen LogP contribution in [0.25, 0.3) is 0 Å². The lowest BCUT2D eigenvalue weighted by molar-refractivity contribution is -0.136. The molecule has 1 unspecified atom stereocenters. The third kappa shape index (κ3) is 4.19. The molecule has 6 heteroatoms. The second-order valence-corrected chi connectivity index (χ2v) is 7.27. The quantitative estimate of drug-likeness (QED) is 0.746. The van der Waals surface area contributed by atoms with Crippen LogP contribution in [0.3, 0.4) is 0 Å². The van der Waals surface area contributed by atoms with Crippen LogP contribution < -0.4 is 10.6 Å². The SMILES string of the molecule is CC(NC(=O)C(=O)Nc1cccc(Cl)c1Cl)c1ccc2c(c1)CCCC2. The van der Waals surface area contributed by atoms with E-state index in [1.54, 1.807) is 18.2 Å². The standard InChI is InChI=1S/C20H20Cl2N2O2/c1-12(14-10-9-13-5-2-3-6-15(13)11-14)23-19(25)20(26)24-17-8-4-7-16(21)18(17)22/h4,7-12H,2-3,5-6H2,1H3,(H,23,25)(H,24,26).